The lowest BCUT2D eigenvalue weighted by molar-refractivity contribution is -0.110. The molecular weight excluding hydrogens is 430 g/mol. The van der Waals surface area contributed by atoms with E-state index in [0.29, 0.717) is 32.0 Å². The summed E-state index contributed by atoms with van der Waals surface area (Å²) in [7, 11) is 0. The summed E-state index contributed by atoms with van der Waals surface area (Å²) in [5, 5.41) is 11.9. The zero-order chi connectivity index (χ0) is 23.1. The van der Waals surface area contributed by atoms with Crippen LogP contribution in [0.3, 0.4) is 0 Å². The fraction of sp³-hybridized carbons (Fsp3) is 0.500. The second-order valence-electron chi connectivity index (χ2n) is 9.69. The van der Waals surface area contributed by atoms with E-state index in [4.69, 9.17) is 9.72 Å². The van der Waals surface area contributed by atoms with Crippen molar-refractivity contribution in [2.75, 3.05) is 37.7 Å². The molecule has 1 aliphatic carbocycles. The monoisotopic (exact) mass is 461 g/mol. The molecule has 4 heterocycles. The number of fused-ring (bicyclic) bond motifs is 2. The van der Waals surface area contributed by atoms with Gasteiger partial charge in [0.25, 0.3) is 5.91 Å². The van der Waals surface area contributed by atoms with Crippen LogP contribution in [0.2, 0.25) is 0 Å². The highest BCUT2D eigenvalue weighted by atomic mass is 16.5. The highest BCUT2D eigenvalue weighted by molar-refractivity contribution is 5.94. The molecule has 178 valence electrons. The Bertz CT molecular complexity index is 1180. The second kappa shape index (κ2) is 8.67. The van der Waals surface area contributed by atoms with Crippen LogP contribution in [0.1, 0.15) is 48.3 Å². The lowest BCUT2D eigenvalue weighted by Gasteiger charge is -2.52. The van der Waals surface area contributed by atoms with Crippen LogP contribution >= 0.6 is 0 Å². The quantitative estimate of drug-likeness (QED) is 0.646. The number of hydrogen-bond acceptors (Lipinski definition) is 6. The summed E-state index contributed by atoms with van der Waals surface area (Å²) in [5.74, 6) is 1.17. The number of anilines is 1. The van der Waals surface area contributed by atoms with Crippen LogP contribution in [-0.2, 0) is 10.3 Å². The standard InChI is InChI=1S/C26H31N5O3/c32-25(24-28-23(29-14-16-34-17-15-29)22-18-27-11-13-30(22)24)31-12-10-26(33,19-6-2-1-3-7-19)20-8-4-5-9-21(20)31/h1-3,6-7,11,13,18,20-21,33H,4-5,8-10,12,14-17H2. The van der Waals surface area contributed by atoms with Crippen molar-refractivity contribution in [2.24, 2.45) is 5.92 Å². The smallest absolute Gasteiger partial charge is 0.290 e. The number of hydrogen-bond donors (Lipinski definition) is 1. The molecule has 3 aliphatic rings. The van der Waals surface area contributed by atoms with Gasteiger partial charge in [0, 0.05) is 44.0 Å². The summed E-state index contributed by atoms with van der Waals surface area (Å²) in [5.41, 5.74) is 0.900. The molecule has 3 atom stereocenters. The number of piperidine rings is 1. The summed E-state index contributed by atoms with van der Waals surface area (Å²) in [4.78, 5) is 27.3. The molecule has 1 saturated carbocycles. The minimum Gasteiger partial charge on any atom is -0.385 e. The predicted molar refractivity (Wildman–Crippen MR) is 128 cm³/mol. The Labute approximate surface area is 199 Å². The number of nitrogens with zero attached hydrogens (tertiary/aromatic N) is 5. The molecule has 1 amide bonds. The first-order valence-electron chi connectivity index (χ1n) is 12.4. The van der Waals surface area contributed by atoms with Crippen molar-refractivity contribution in [1.82, 2.24) is 19.3 Å². The molecule has 1 aromatic carbocycles. The Hall–Kier alpha value is -2.97. The average Bonchev–Trinajstić information content (AvgIpc) is 3.30. The van der Waals surface area contributed by atoms with E-state index in [1.165, 1.54) is 0 Å². The minimum atomic E-state index is -0.902. The first-order valence-corrected chi connectivity index (χ1v) is 12.4. The van der Waals surface area contributed by atoms with Gasteiger partial charge >= 0.3 is 0 Å². The Morgan fingerprint density at radius 2 is 1.88 bits per heavy atom. The van der Waals surface area contributed by atoms with E-state index in [-0.39, 0.29) is 17.9 Å². The van der Waals surface area contributed by atoms with Crippen LogP contribution in [0.25, 0.3) is 5.52 Å². The van der Waals surface area contributed by atoms with Crippen molar-refractivity contribution in [3.05, 3.63) is 60.3 Å². The predicted octanol–water partition coefficient (Wildman–Crippen LogP) is 2.86. The van der Waals surface area contributed by atoms with Gasteiger partial charge in [-0.25, -0.2) is 4.98 Å². The van der Waals surface area contributed by atoms with E-state index in [9.17, 15) is 9.90 Å². The van der Waals surface area contributed by atoms with E-state index in [2.05, 4.69) is 9.88 Å². The van der Waals surface area contributed by atoms with Gasteiger partial charge < -0.3 is 19.6 Å². The maximum absolute atomic E-state index is 14.0. The summed E-state index contributed by atoms with van der Waals surface area (Å²) in [6.07, 6.45) is 9.81. The number of benzene rings is 1. The number of carbonyl (C=O) groups is 1. The molecule has 34 heavy (non-hydrogen) atoms. The van der Waals surface area contributed by atoms with Gasteiger partial charge in [-0.1, -0.05) is 43.2 Å². The molecule has 8 nitrogen and oxygen atoms in total. The van der Waals surface area contributed by atoms with Gasteiger partial charge in [-0.05, 0) is 24.8 Å². The molecule has 2 aliphatic heterocycles. The van der Waals surface area contributed by atoms with E-state index < -0.39 is 5.60 Å². The van der Waals surface area contributed by atoms with Crippen molar-refractivity contribution in [2.45, 2.75) is 43.7 Å². The molecule has 0 radical (unpaired) electrons. The summed E-state index contributed by atoms with van der Waals surface area (Å²) in [6.45, 7) is 3.30. The number of rotatable bonds is 3. The van der Waals surface area contributed by atoms with E-state index in [1.807, 2.05) is 45.8 Å². The van der Waals surface area contributed by atoms with E-state index in [0.717, 1.165) is 55.7 Å². The Morgan fingerprint density at radius 1 is 1.09 bits per heavy atom. The van der Waals surface area contributed by atoms with Crippen molar-refractivity contribution in [3.63, 3.8) is 0 Å². The van der Waals surface area contributed by atoms with Crippen LogP contribution in [0, 0.1) is 5.92 Å². The largest absolute Gasteiger partial charge is 0.385 e. The third-order valence-corrected chi connectivity index (χ3v) is 7.94. The number of imidazole rings is 1. The van der Waals surface area contributed by atoms with Gasteiger partial charge in [-0.15, -0.1) is 0 Å². The Kier molecular flexibility index (Phi) is 5.50. The highest BCUT2D eigenvalue weighted by Crippen LogP contribution is 2.47. The fourth-order valence-corrected chi connectivity index (χ4v) is 6.23. The maximum Gasteiger partial charge on any atom is 0.290 e. The molecule has 8 heteroatoms. The maximum atomic E-state index is 14.0. The average molecular weight is 462 g/mol. The van der Waals surface area contributed by atoms with E-state index >= 15 is 0 Å². The minimum absolute atomic E-state index is 0.00114. The summed E-state index contributed by atoms with van der Waals surface area (Å²) >= 11 is 0. The highest BCUT2D eigenvalue weighted by Gasteiger charge is 2.50. The van der Waals surface area contributed by atoms with Gasteiger partial charge in [0.05, 0.1) is 25.0 Å². The van der Waals surface area contributed by atoms with Crippen molar-refractivity contribution < 1.29 is 14.6 Å². The third kappa shape index (κ3) is 3.47. The zero-order valence-electron chi connectivity index (χ0n) is 19.3. The molecule has 6 rings (SSSR count). The first kappa shape index (κ1) is 21.6. The number of amides is 1. The molecule has 3 unspecified atom stereocenters. The fourth-order valence-electron chi connectivity index (χ4n) is 6.23. The van der Waals surface area contributed by atoms with Gasteiger partial charge in [0.2, 0.25) is 5.82 Å². The van der Waals surface area contributed by atoms with Crippen molar-refractivity contribution in [3.8, 4) is 0 Å². The molecule has 1 N–H and O–H groups in total. The van der Waals surface area contributed by atoms with Crippen LogP contribution in [0.5, 0.6) is 0 Å². The lowest BCUT2D eigenvalue weighted by Crippen LogP contribution is -2.59. The van der Waals surface area contributed by atoms with Crippen molar-refractivity contribution >= 4 is 17.2 Å². The van der Waals surface area contributed by atoms with Crippen LogP contribution in [-0.4, -0.2) is 69.2 Å². The number of aliphatic hydroxyl groups is 1. The molecule has 0 spiro atoms. The number of likely N-dealkylation sites (tertiary alicyclic amines) is 1. The van der Waals surface area contributed by atoms with E-state index in [1.54, 1.807) is 12.4 Å². The zero-order valence-corrected chi connectivity index (χ0v) is 19.3. The van der Waals surface area contributed by atoms with Crippen LogP contribution < -0.4 is 4.90 Å². The topological polar surface area (TPSA) is 83.2 Å². The SMILES string of the molecule is O=C(c1nc(N2CCOCC2)c2cnccn12)N1CCC(O)(c2ccccc2)C2CCCCC21. The van der Waals surface area contributed by atoms with Crippen molar-refractivity contribution in [1.29, 1.82) is 0 Å². The van der Waals surface area contributed by atoms with Gasteiger partial charge in [0.1, 0.15) is 5.52 Å². The molecular formula is C26H31N5O3. The summed E-state index contributed by atoms with van der Waals surface area (Å²) < 4.78 is 7.38. The van der Waals surface area contributed by atoms with Gasteiger partial charge in [-0.3, -0.25) is 14.2 Å². The molecule has 0 bridgehead atoms. The van der Waals surface area contributed by atoms with Crippen LogP contribution in [0.15, 0.2) is 48.9 Å². The number of carbonyl (C=O) groups excluding carboxylic acids is 1. The molecule has 3 aromatic rings. The van der Waals surface area contributed by atoms with Gasteiger partial charge in [-0.2, -0.15) is 0 Å². The normalized spacial score (nSPS) is 27.6. The number of morpholine rings is 1. The Morgan fingerprint density at radius 3 is 2.71 bits per heavy atom. The van der Waals surface area contributed by atoms with Crippen LogP contribution in [0.4, 0.5) is 5.82 Å². The third-order valence-electron chi connectivity index (χ3n) is 7.94. The number of ether oxygens (including phenoxy) is 1. The Balaban J connectivity index is 1.35. The molecule has 2 aromatic heterocycles. The molecule has 2 saturated heterocycles. The lowest BCUT2D eigenvalue weighted by atomic mass is 9.66. The number of aromatic nitrogens is 3. The first-order chi connectivity index (χ1) is 16.7. The van der Waals surface area contributed by atoms with Gasteiger partial charge in [0.15, 0.2) is 5.82 Å². The summed E-state index contributed by atoms with van der Waals surface area (Å²) in [6, 6.07) is 10.00. The second-order valence-corrected chi connectivity index (χ2v) is 9.69. The molecule has 3 fully saturated rings.